The highest BCUT2D eigenvalue weighted by Crippen LogP contribution is 2.49. The van der Waals surface area contributed by atoms with E-state index < -0.39 is 7.60 Å². The smallest absolute Gasteiger partial charge is 0.361 e. The molecule has 0 bridgehead atoms. The van der Waals surface area contributed by atoms with Crippen LogP contribution in [-0.4, -0.2) is 32.7 Å². The zero-order valence-corrected chi connectivity index (χ0v) is 24.2. The lowest BCUT2D eigenvalue weighted by Gasteiger charge is -2.23. The first-order valence-electron chi connectivity index (χ1n) is 11.9. The van der Waals surface area contributed by atoms with Gasteiger partial charge in [-0.1, -0.05) is 11.8 Å². The zero-order valence-electron chi connectivity index (χ0n) is 21.7. The highest BCUT2D eigenvalue weighted by molar-refractivity contribution is 7.99. The minimum atomic E-state index is -3.51. The van der Waals surface area contributed by atoms with Crippen molar-refractivity contribution in [3.63, 3.8) is 0 Å². The molecule has 4 rings (SSSR count). The Morgan fingerprint density at radius 1 is 1.00 bits per heavy atom. The molecule has 12 heteroatoms. The van der Waals surface area contributed by atoms with Crippen molar-refractivity contribution in [2.24, 2.45) is 7.05 Å². The molecule has 0 aliphatic rings. The van der Waals surface area contributed by atoms with E-state index in [4.69, 9.17) is 13.8 Å². The highest BCUT2D eigenvalue weighted by atomic mass is 32.2. The van der Waals surface area contributed by atoms with E-state index in [1.54, 1.807) is 54.2 Å². The highest BCUT2D eigenvalue weighted by Gasteiger charge is 2.30. The molecule has 2 aromatic carbocycles. The van der Waals surface area contributed by atoms with Crippen LogP contribution in [0.1, 0.15) is 38.1 Å². The minimum absolute atomic E-state index is 0.275. The van der Waals surface area contributed by atoms with Crippen LogP contribution >= 0.6 is 30.7 Å². The first-order valence-corrected chi connectivity index (χ1v) is 15.1. The van der Waals surface area contributed by atoms with E-state index in [-0.39, 0.29) is 18.1 Å². The van der Waals surface area contributed by atoms with E-state index in [1.165, 1.54) is 23.1 Å². The summed E-state index contributed by atoms with van der Waals surface area (Å²) in [6.07, 6.45) is 4.64. The summed E-state index contributed by atoms with van der Waals surface area (Å²) in [4.78, 5) is 22.2. The van der Waals surface area contributed by atoms with Crippen LogP contribution in [0.4, 0.5) is 5.13 Å². The van der Waals surface area contributed by atoms with Crippen LogP contribution in [0.2, 0.25) is 0 Å². The minimum Gasteiger partial charge on any atom is -0.457 e. The second-order valence-electron chi connectivity index (χ2n) is 8.81. The standard InChI is InChI=1S/C26H29N4O5PS2/c1-17(2)34-36(32,35-18(3)4)22-8-6-20(7-9-22)33-21-14-19(24(31)29-25-27-11-13-37-25)15-23(16-21)38-26-28-10-12-30(26)5/h6-18H,1-5H3,(H,27,29,31). The number of nitrogens with one attached hydrogen (secondary N) is 1. The number of rotatable bonds is 11. The molecule has 0 aliphatic heterocycles. The Morgan fingerprint density at radius 3 is 2.29 bits per heavy atom. The summed E-state index contributed by atoms with van der Waals surface area (Å²) in [5.41, 5.74) is 0.409. The number of anilines is 1. The lowest BCUT2D eigenvalue weighted by atomic mass is 10.2. The monoisotopic (exact) mass is 572 g/mol. The fraction of sp³-hybridized carbons (Fsp3) is 0.269. The van der Waals surface area contributed by atoms with Crippen LogP contribution in [0.3, 0.4) is 0 Å². The third kappa shape index (κ3) is 7.33. The number of carbonyl (C=O) groups excluding carboxylic acids is 1. The molecule has 38 heavy (non-hydrogen) atoms. The number of imidazole rings is 1. The quantitative estimate of drug-likeness (QED) is 0.197. The van der Waals surface area contributed by atoms with Gasteiger partial charge in [0.1, 0.15) is 11.5 Å². The number of amides is 1. The van der Waals surface area contributed by atoms with Gasteiger partial charge in [0.2, 0.25) is 0 Å². The van der Waals surface area contributed by atoms with Gasteiger partial charge in [-0.25, -0.2) is 9.97 Å². The molecule has 2 aromatic heterocycles. The number of ether oxygens (including phenoxy) is 1. The van der Waals surface area contributed by atoms with Crippen LogP contribution in [0, 0.1) is 0 Å². The maximum Gasteiger partial charge on any atom is 0.361 e. The Labute approximate surface area is 230 Å². The van der Waals surface area contributed by atoms with Crippen molar-refractivity contribution in [1.82, 2.24) is 14.5 Å². The fourth-order valence-corrected chi connectivity index (χ4v) is 6.70. The molecule has 0 saturated heterocycles. The van der Waals surface area contributed by atoms with E-state index in [0.717, 1.165) is 10.1 Å². The molecule has 0 unspecified atom stereocenters. The number of thiazole rings is 1. The summed E-state index contributed by atoms with van der Waals surface area (Å²) in [6, 6.07) is 12.0. The van der Waals surface area contributed by atoms with Crippen molar-refractivity contribution in [3.05, 3.63) is 72.0 Å². The van der Waals surface area contributed by atoms with Gasteiger partial charge in [0.15, 0.2) is 10.3 Å². The lowest BCUT2D eigenvalue weighted by Crippen LogP contribution is -2.16. The Balaban J connectivity index is 1.61. The molecule has 0 radical (unpaired) electrons. The van der Waals surface area contributed by atoms with E-state index in [0.29, 0.717) is 27.5 Å². The van der Waals surface area contributed by atoms with Crippen LogP contribution < -0.4 is 15.4 Å². The van der Waals surface area contributed by atoms with Crippen molar-refractivity contribution >= 4 is 47.0 Å². The topological polar surface area (TPSA) is 105 Å². The Bertz CT molecular complexity index is 1410. The SMILES string of the molecule is CC(C)OP(=O)(OC(C)C)c1ccc(Oc2cc(Sc3nccn3C)cc(C(=O)Nc3nccs3)c2)cc1. The second-order valence-corrected chi connectivity index (χ2v) is 12.7. The Morgan fingerprint density at radius 2 is 1.71 bits per heavy atom. The first kappa shape index (κ1) is 28.1. The van der Waals surface area contributed by atoms with Gasteiger partial charge in [-0.2, -0.15) is 0 Å². The van der Waals surface area contributed by atoms with Crippen LogP contribution in [0.25, 0.3) is 0 Å². The van der Waals surface area contributed by atoms with Gasteiger partial charge in [-0.15, -0.1) is 11.3 Å². The molecular weight excluding hydrogens is 543 g/mol. The van der Waals surface area contributed by atoms with E-state index in [9.17, 15) is 9.36 Å². The molecule has 9 nitrogen and oxygen atoms in total. The molecule has 0 aliphatic carbocycles. The van der Waals surface area contributed by atoms with Gasteiger partial charge in [-0.05, 0) is 70.2 Å². The maximum atomic E-state index is 13.4. The number of hydrogen-bond donors (Lipinski definition) is 1. The molecule has 2 heterocycles. The van der Waals surface area contributed by atoms with E-state index >= 15 is 0 Å². The molecule has 0 spiro atoms. The van der Waals surface area contributed by atoms with Gasteiger partial charge in [0, 0.05) is 41.5 Å². The summed E-state index contributed by atoms with van der Waals surface area (Å²) in [6.45, 7) is 7.25. The Kier molecular flexibility index (Phi) is 9.07. The van der Waals surface area contributed by atoms with Crippen molar-refractivity contribution < 1.29 is 23.1 Å². The predicted octanol–water partition coefficient (Wildman–Crippen LogP) is 6.74. The molecule has 0 saturated carbocycles. The van der Waals surface area contributed by atoms with Gasteiger partial charge in [-0.3, -0.25) is 14.7 Å². The maximum absolute atomic E-state index is 13.4. The van der Waals surface area contributed by atoms with E-state index in [1.807, 2.05) is 51.6 Å². The normalized spacial score (nSPS) is 11.8. The summed E-state index contributed by atoms with van der Waals surface area (Å²) in [7, 11) is -1.61. The lowest BCUT2D eigenvalue weighted by molar-refractivity contribution is 0.102. The summed E-state index contributed by atoms with van der Waals surface area (Å²) in [5, 5.41) is 6.31. The van der Waals surface area contributed by atoms with Gasteiger partial charge >= 0.3 is 7.60 Å². The average molecular weight is 573 g/mol. The van der Waals surface area contributed by atoms with Gasteiger partial charge < -0.3 is 18.4 Å². The number of aryl methyl sites for hydroxylation is 1. The molecular formula is C26H29N4O5PS2. The largest absolute Gasteiger partial charge is 0.457 e. The first-order chi connectivity index (χ1) is 18.1. The molecule has 200 valence electrons. The number of nitrogens with zero attached hydrogens (tertiary/aromatic N) is 3. The van der Waals surface area contributed by atoms with Crippen LogP contribution in [0.5, 0.6) is 11.5 Å². The van der Waals surface area contributed by atoms with Crippen LogP contribution in [-0.2, 0) is 20.7 Å². The molecule has 4 aromatic rings. The third-order valence-corrected chi connectivity index (χ3v) is 8.93. The van der Waals surface area contributed by atoms with Crippen molar-refractivity contribution in [2.45, 2.75) is 50.0 Å². The zero-order chi connectivity index (χ0) is 27.3. The summed E-state index contributed by atoms with van der Waals surface area (Å²) in [5.74, 6) is 0.654. The average Bonchev–Trinajstić information content (AvgIpc) is 3.50. The molecule has 1 amide bonds. The fourth-order valence-electron chi connectivity index (χ4n) is 3.37. The van der Waals surface area contributed by atoms with Crippen molar-refractivity contribution in [3.8, 4) is 11.5 Å². The second kappa shape index (κ2) is 12.3. The Hall–Kier alpha value is -2.95. The molecule has 1 N–H and O–H groups in total. The number of benzene rings is 2. The number of carbonyl (C=O) groups is 1. The van der Waals surface area contributed by atoms with Crippen molar-refractivity contribution in [1.29, 1.82) is 0 Å². The molecule has 0 fully saturated rings. The number of hydrogen-bond acceptors (Lipinski definition) is 9. The van der Waals surface area contributed by atoms with Crippen molar-refractivity contribution in [2.75, 3.05) is 5.32 Å². The van der Waals surface area contributed by atoms with Gasteiger partial charge in [0.25, 0.3) is 5.91 Å². The third-order valence-electron chi connectivity index (χ3n) is 4.87. The predicted molar refractivity (Wildman–Crippen MR) is 150 cm³/mol. The van der Waals surface area contributed by atoms with E-state index in [2.05, 4.69) is 15.3 Å². The molecule has 0 atom stereocenters. The van der Waals surface area contributed by atoms with Gasteiger partial charge in [0.05, 0.1) is 17.5 Å². The van der Waals surface area contributed by atoms with Crippen LogP contribution in [0.15, 0.2) is 76.5 Å². The number of aromatic nitrogens is 3. The summed E-state index contributed by atoms with van der Waals surface area (Å²) >= 11 is 2.75. The summed E-state index contributed by atoms with van der Waals surface area (Å²) < 4.78 is 32.8.